The first-order valence-electron chi connectivity index (χ1n) is 8.72. The lowest BCUT2D eigenvalue weighted by Crippen LogP contribution is -2.43. The third kappa shape index (κ3) is 4.44. The van der Waals surface area contributed by atoms with Crippen molar-refractivity contribution in [3.8, 4) is 0 Å². The average molecular weight is 337 g/mol. The SMILES string of the molecule is O=CN1CCCC1CN(CCc1ccccc1)C(=O)c1ccncc1. The summed E-state index contributed by atoms with van der Waals surface area (Å²) in [5.41, 5.74) is 1.84. The Labute approximate surface area is 148 Å². The first kappa shape index (κ1) is 17.1. The standard InChI is InChI=1S/C20H23N3O2/c24-16-23-13-4-7-19(23)15-22(14-10-17-5-2-1-3-6-17)20(25)18-8-11-21-12-9-18/h1-3,5-6,8-9,11-12,16,19H,4,7,10,13-15H2. The highest BCUT2D eigenvalue weighted by atomic mass is 16.2. The Morgan fingerprint density at radius 1 is 1.20 bits per heavy atom. The van der Waals surface area contributed by atoms with Gasteiger partial charge in [-0.3, -0.25) is 14.6 Å². The van der Waals surface area contributed by atoms with E-state index >= 15 is 0 Å². The molecule has 1 aliphatic heterocycles. The van der Waals surface area contributed by atoms with Crippen LogP contribution in [-0.2, 0) is 11.2 Å². The van der Waals surface area contributed by atoms with Crippen LogP contribution in [0.3, 0.4) is 0 Å². The number of carbonyl (C=O) groups excluding carboxylic acids is 2. The van der Waals surface area contributed by atoms with Gasteiger partial charge >= 0.3 is 0 Å². The molecule has 1 aromatic heterocycles. The van der Waals surface area contributed by atoms with Crippen LogP contribution in [-0.4, -0.2) is 52.8 Å². The van der Waals surface area contributed by atoms with Gasteiger partial charge < -0.3 is 9.80 Å². The molecule has 0 bridgehead atoms. The van der Waals surface area contributed by atoms with Gasteiger partial charge in [0.1, 0.15) is 0 Å². The topological polar surface area (TPSA) is 53.5 Å². The fraction of sp³-hybridized carbons (Fsp3) is 0.350. The lowest BCUT2D eigenvalue weighted by Gasteiger charge is -2.29. The molecule has 130 valence electrons. The van der Waals surface area contributed by atoms with E-state index in [2.05, 4.69) is 17.1 Å². The largest absolute Gasteiger partial charge is 0.340 e. The van der Waals surface area contributed by atoms with Gasteiger partial charge in [0.25, 0.3) is 5.91 Å². The third-order valence-corrected chi connectivity index (χ3v) is 4.72. The highest BCUT2D eigenvalue weighted by molar-refractivity contribution is 5.94. The van der Waals surface area contributed by atoms with Crippen LogP contribution in [0.5, 0.6) is 0 Å². The number of aromatic nitrogens is 1. The first-order chi connectivity index (χ1) is 12.3. The first-order valence-corrected chi connectivity index (χ1v) is 8.72. The van der Waals surface area contributed by atoms with E-state index in [0.29, 0.717) is 18.7 Å². The number of carbonyl (C=O) groups is 2. The highest BCUT2D eigenvalue weighted by Crippen LogP contribution is 2.18. The monoisotopic (exact) mass is 337 g/mol. The Hall–Kier alpha value is -2.69. The van der Waals surface area contributed by atoms with E-state index in [0.717, 1.165) is 32.2 Å². The Morgan fingerprint density at radius 3 is 2.68 bits per heavy atom. The van der Waals surface area contributed by atoms with Gasteiger partial charge in [-0.05, 0) is 37.0 Å². The van der Waals surface area contributed by atoms with Gasteiger partial charge in [0.2, 0.25) is 6.41 Å². The molecule has 0 spiro atoms. The zero-order valence-electron chi connectivity index (χ0n) is 14.3. The van der Waals surface area contributed by atoms with Gasteiger partial charge in [-0.2, -0.15) is 0 Å². The van der Waals surface area contributed by atoms with Crippen LogP contribution < -0.4 is 0 Å². The number of hydrogen-bond donors (Lipinski definition) is 0. The summed E-state index contributed by atoms with van der Waals surface area (Å²) in [6, 6.07) is 13.7. The lowest BCUT2D eigenvalue weighted by atomic mass is 10.1. The zero-order chi connectivity index (χ0) is 17.5. The molecule has 1 fully saturated rings. The molecule has 1 aromatic carbocycles. The van der Waals surface area contributed by atoms with Crippen LogP contribution in [0.1, 0.15) is 28.8 Å². The van der Waals surface area contributed by atoms with Crippen molar-refractivity contribution in [2.24, 2.45) is 0 Å². The van der Waals surface area contributed by atoms with E-state index in [9.17, 15) is 9.59 Å². The van der Waals surface area contributed by atoms with Crippen molar-refractivity contribution in [1.82, 2.24) is 14.8 Å². The summed E-state index contributed by atoms with van der Waals surface area (Å²) in [7, 11) is 0. The zero-order valence-corrected chi connectivity index (χ0v) is 14.3. The Balaban J connectivity index is 1.73. The van der Waals surface area contributed by atoms with E-state index < -0.39 is 0 Å². The summed E-state index contributed by atoms with van der Waals surface area (Å²) < 4.78 is 0. The summed E-state index contributed by atoms with van der Waals surface area (Å²) in [6.07, 6.45) is 6.92. The molecular formula is C20H23N3O2. The molecule has 1 atom stereocenters. The van der Waals surface area contributed by atoms with E-state index in [4.69, 9.17) is 0 Å². The van der Waals surface area contributed by atoms with Crippen molar-refractivity contribution in [3.63, 3.8) is 0 Å². The lowest BCUT2D eigenvalue weighted by molar-refractivity contribution is -0.119. The third-order valence-electron chi connectivity index (χ3n) is 4.72. The van der Waals surface area contributed by atoms with Crippen molar-refractivity contribution in [2.75, 3.05) is 19.6 Å². The number of pyridine rings is 1. The van der Waals surface area contributed by atoms with Crippen LogP contribution >= 0.6 is 0 Å². The van der Waals surface area contributed by atoms with E-state index in [1.54, 1.807) is 24.5 Å². The molecule has 2 amide bonds. The minimum absolute atomic E-state index is 0.00363. The molecule has 25 heavy (non-hydrogen) atoms. The maximum atomic E-state index is 12.9. The van der Waals surface area contributed by atoms with Gasteiger partial charge in [0.05, 0.1) is 0 Å². The van der Waals surface area contributed by atoms with Crippen molar-refractivity contribution < 1.29 is 9.59 Å². The second-order valence-corrected chi connectivity index (χ2v) is 6.36. The molecule has 0 aliphatic carbocycles. The molecule has 1 aliphatic rings. The maximum Gasteiger partial charge on any atom is 0.254 e. The van der Waals surface area contributed by atoms with Gasteiger partial charge in [-0.15, -0.1) is 0 Å². The van der Waals surface area contributed by atoms with Crippen LogP contribution in [0.2, 0.25) is 0 Å². The molecule has 5 nitrogen and oxygen atoms in total. The van der Waals surface area contributed by atoms with E-state index in [-0.39, 0.29) is 11.9 Å². The highest BCUT2D eigenvalue weighted by Gasteiger charge is 2.27. The molecule has 1 unspecified atom stereocenters. The second kappa shape index (κ2) is 8.42. The fourth-order valence-corrected chi connectivity index (χ4v) is 3.31. The summed E-state index contributed by atoms with van der Waals surface area (Å²) in [5.74, 6) is -0.00363. The van der Waals surface area contributed by atoms with Crippen LogP contribution in [0.4, 0.5) is 0 Å². The molecule has 2 aromatic rings. The number of nitrogens with zero attached hydrogens (tertiary/aromatic N) is 3. The summed E-state index contributed by atoms with van der Waals surface area (Å²) >= 11 is 0. The van der Waals surface area contributed by atoms with Crippen LogP contribution in [0.25, 0.3) is 0 Å². The molecule has 0 radical (unpaired) electrons. The smallest absolute Gasteiger partial charge is 0.254 e. The van der Waals surface area contributed by atoms with Crippen molar-refractivity contribution in [2.45, 2.75) is 25.3 Å². The molecular weight excluding hydrogens is 314 g/mol. The van der Waals surface area contributed by atoms with Crippen molar-refractivity contribution >= 4 is 12.3 Å². The Kier molecular flexibility index (Phi) is 5.77. The number of rotatable bonds is 7. The van der Waals surface area contributed by atoms with Gasteiger partial charge in [0, 0.05) is 43.6 Å². The summed E-state index contributed by atoms with van der Waals surface area (Å²) in [4.78, 5) is 31.8. The predicted molar refractivity (Wildman–Crippen MR) is 96.1 cm³/mol. The summed E-state index contributed by atoms with van der Waals surface area (Å²) in [6.45, 7) is 1.99. The fourth-order valence-electron chi connectivity index (χ4n) is 3.31. The van der Waals surface area contributed by atoms with E-state index in [1.807, 2.05) is 28.0 Å². The Bertz CT molecular complexity index is 691. The summed E-state index contributed by atoms with van der Waals surface area (Å²) in [5, 5.41) is 0. The van der Waals surface area contributed by atoms with Gasteiger partial charge in [-0.1, -0.05) is 30.3 Å². The van der Waals surface area contributed by atoms with Crippen molar-refractivity contribution in [1.29, 1.82) is 0 Å². The quantitative estimate of drug-likeness (QED) is 0.729. The Morgan fingerprint density at radius 2 is 1.96 bits per heavy atom. The molecule has 0 N–H and O–H groups in total. The van der Waals surface area contributed by atoms with Gasteiger partial charge in [-0.25, -0.2) is 0 Å². The average Bonchev–Trinajstić information content (AvgIpc) is 3.13. The molecule has 1 saturated heterocycles. The molecule has 3 rings (SSSR count). The number of likely N-dealkylation sites (tertiary alicyclic amines) is 1. The van der Waals surface area contributed by atoms with Crippen molar-refractivity contribution in [3.05, 3.63) is 66.0 Å². The molecule has 2 heterocycles. The molecule has 5 heteroatoms. The molecule has 0 saturated carbocycles. The van der Waals surface area contributed by atoms with Crippen LogP contribution in [0.15, 0.2) is 54.9 Å². The minimum atomic E-state index is -0.00363. The second-order valence-electron chi connectivity index (χ2n) is 6.36. The number of hydrogen-bond acceptors (Lipinski definition) is 3. The normalized spacial score (nSPS) is 16.6. The predicted octanol–water partition coefficient (Wildman–Crippen LogP) is 2.39. The maximum absolute atomic E-state index is 12.9. The number of benzene rings is 1. The van der Waals surface area contributed by atoms with Gasteiger partial charge in [0.15, 0.2) is 0 Å². The van der Waals surface area contributed by atoms with Crippen LogP contribution in [0, 0.1) is 0 Å². The minimum Gasteiger partial charge on any atom is -0.340 e. The number of amides is 2. The van der Waals surface area contributed by atoms with E-state index in [1.165, 1.54) is 5.56 Å².